The topological polar surface area (TPSA) is 83.5 Å². The van der Waals surface area contributed by atoms with Gasteiger partial charge in [0.1, 0.15) is 6.04 Å². The Kier molecular flexibility index (Phi) is 6.09. The second-order valence-electron chi connectivity index (χ2n) is 2.61. The molecule has 0 unspecified atom stereocenters. The zero-order valence-electron chi connectivity index (χ0n) is 6.94. The van der Waals surface area contributed by atoms with E-state index in [2.05, 4.69) is 0 Å². The third kappa shape index (κ3) is 5.73. The average Bonchev–Trinajstić information content (AvgIpc) is 2.03. The molecule has 4 heteroatoms. The quantitative estimate of drug-likeness (QED) is 0.414. The summed E-state index contributed by atoms with van der Waals surface area (Å²) in [5.41, 5.74) is 5.26. The summed E-state index contributed by atoms with van der Waals surface area (Å²) in [6.07, 6.45) is 5.52. The predicted molar refractivity (Wildman–Crippen MR) is 45.8 cm³/mol. The molecule has 4 N–H and O–H groups in total. The number of unbranched alkanes of at least 4 members (excludes halogenated alkanes) is 2. The van der Waals surface area contributed by atoms with Gasteiger partial charge < -0.3 is 15.9 Å². The number of hydrogen-bond donors (Lipinski definition) is 3. The van der Waals surface area contributed by atoms with E-state index >= 15 is 0 Å². The fourth-order valence-electron chi connectivity index (χ4n) is 0.824. The summed E-state index contributed by atoms with van der Waals surface area (Å²) in [7, 11) is 0. The Morgan fingerprint density at radius 3 is 2.67 bits per heavy atom. The molecule has 12 heavy (non-hydrogen) atoms. The van der Waals surface area contributed by atoms with Crippen LogP contribution in [-0.4, -0.2) is 22.2 Å². The highest BCUT2D eigenvalue weighted by Gasteiger charge is 2.09. The first-order valence-electron chi connectivity index (χ1n) is 3.96. The van der Waals surface area contributed by atoms with Gasteiger partial charge in [-0.2, -0.15) is 0 Å². The molecule has 0 saturated heterocycles. The molecule has 0 bridgehead atoms. The maximum absolute atomic E-state index is 10.2. The third-order valence-corrected chi connectivity index (χ3v) is 1.56. The minimum atomic E-state index is -0.951. The van der Waals surface area contributed by atoms with Crippen LogP contribution in [0, 0.1) is 0 Å². The van der Waals surface area contributed by atoms with Crippen molar-refractivity contribution in [1.82, 2.24) is 0 Å². The van der Waals surface area contributed by atoms with Crippen LogP contribution >= 0.6 is 0 Å². The number of carboxylic acid groups (broad SMARTS) is 1. The van der Waals surface area contributed by atoms with Crippen molar-refractivity contribution in [3.05, 3.63) is 12.3 Å². The maximum atomic E-state index is 10.2. The highest BCUT2D eigenvalue weighted by molar-refractivity contribution is 5.72. The number of carboxylic acids is 1. The lowest BCUT2D eigenvalue weighted by Gasteiger charge is -2.03. The summed E-state index contributed by atoms with van der Waals surface area (Å²) in [6, 6.07) is -0.747. The van der Waals surface area contributed by atoms with Gasteiger partial charge in [0.25, 0.3) is 0 Å². The molecule has 0 radical (unpaired) electrons. The van der Waals surface area contributed by atoms with E-state index < -0.39 is 12.0 Å². The maximum Gasteiger partial charge on any atom is 0.320 e. The van der Waals surface area contributed by atoms with E-state index in [1.165, 1.54) is 0 Å². The summed E-state index contributed by atoms with van der Waals surface area (Å²) in [6.45, 7) is 0. The van der Waals surface area contributed by atoms with Gasteiger partial charge in [-0.05, 0) is 19.3 Å². The van der Waals surface area contributed by atoms with E-state index in [0.29, 0.717) is 6.42 Å². The van der Waals surface area contributed by atoms with Crippen molar-refractivity contribution in [3.63, 3.8) is 0 Å². The number of aliphatic carboxylic acids is 1. The Bertz CT molecular complexity index is 156. The van der Waals surface area contributed by atoms with E-state index in [0.717, 1.165) is 25.5 Å². The fraction of sp³-hybridized carbons (Fsp3) is 0.625. The van der Waals surface area contributed by atoms with Crippen LogP contribution in [0.3, 0.4) is 0 Å². The number of aliphatic hydroxyl groups excluding tert-OH is 1. The second kappa shape index (κ2) is 6.67. The molecule has 4 nitrogen and oxygen atoms in total. The van der Waals surface area contributed by atoms with Crippen molar-refractivity contribution in [2.75, 3.05) is 0 Å². The first kappa shape index (κ1) is 11.0. The lowest BCUT2D eigenvalue weighted by Crippen LogP contribution is -2.29. The van der Waals surface area contributed by atoms with Gasteiger partial charge in [0.15, 0.2) is 0 Å². The van der Waals surface area contributed by atoms with Gasteiger partial charge in [0.2, 0.25) is 0 Å². The molecule has 0 aliphatic carbocycles. The normalized spacial score (nSPS) is 13.4. The van der Waals surface area contributed by atoms with Crippen molar-refractivity contribution in [3.8, 4) is 0 Å². The zero-order valence-corrected chi connectivity index (χ0v) is 6.94. The average molecular weight is 173 g/mol. The minimum Gasteiger partial charge on any atom is -0.516 e. The number of hydrogen-bond acceptors (Lipinski definition) is 3. The van der Waals surface area contributed by atoms with Gasteiger partial charge in [0.05, 0.1) is 6.26 Å². The summed E-state index contributed by atoms with van der Waals surface area (Å²) in [5.74, 6) is -0.951. The van der Waals surface area contributed by atoms with Crippen molar-refractivity contribution in [2.45, 2.75) is 31.7 Å². The van der Waals surface area contributed by atoms with Crippen LogP contribution in [0.5, 0.6) is 0 Å². The van der Waals surface area contributed by atoms with Crippen LogP contribution in [0.1, 0.15) is 25.7 Å². The zero-order chi connectivity index (χ0) is 9.40. The third-order valence-electron chi connectivity index (χ3n) is 1.56. The van der Waals surface area contributed by atoms with E-state index in [1.54, 1.807) is 6.08 Å². The molecule has 0 fully saturated rings. The van der Waals surface area contributed by atoms with Crippen LogP contribution in [0.15, 0.2) is 12.3 Å². The highest BCUT2D eigenvalue weighted by atomic mass is 16.4. The van der Waals surface area contributed by atoms with E-state index in [4.69, 9.17) is 15.9 Å². The molecule has 0 saturated carbocycles. The number of rotatable bonds is 6. The summed E-state index contributed by atoms with van der Waals surface area (Å²) < 4.78 is 0. The Hall–Kier alpha value is -1.03. The molecule has 0 aromatic rings. The molecule has 70 valence electrons. The van der Waals surface area contributed by atoms with E-state index in [1.807, 2.05) is 0 Å². The SMILES string of the molecule is N[C@H](CCCC/C=C/O)C(=O)O. The van der Waals surface area contributed by atoms with E-state index in [9.17, 15) is 4.79 Å². The van der Waals surface area contributed by atoms with Gasteiger partial charge in [-0.15, -0.1) is 0 Å². The van der Waals surface area contributed by atoms with Gasteiger partial charge in [-0.3, -0.25) is 4.79 Å². The Morgan fingerprint density at radius 2 is 2.17 bits per heavy atom. The molecular weight excluding hydrogens is 158 g/mol. The van der Waals surface area contributed by atoms with Crippen molar-refractivity contribution >= 4 is 5.97 Å². The Balaban J connectivity index is 3.25. The van der Waals surface area contributed by atoms with Crippen LogP contribution in [0.25, 0.3) is 0 Å². The molecular formula is C8H15NO3. The first-order valence-corrected chi connectivity index (χ1v) is 3.96. The van der Waals surface area contributed by atoms with Crippen molar-refractivity contribution in [2.24, 2.45) is 5.73 Å². The van der Waals surface area contributed by atoms with Crippen LogP contribution in [0.2, 0.25) is 0 Å². The second-order valence-corrected chi connectivity index (χ2v) is 2.61. The number of nitrogens with two attached hydrogens (primary N) is 1. The molecule has 0 amide bonds. The highest BCUT2D eigenvalue weighted by Crippen LogP contribution is 2.02. The van der Waals surface area contributed by atoms with Crippen molar-refractivity contribution in [1.29, 1.82) is 0 Å². The van der Waals surface area contributed by atoms with Crippen LogP contribution in [-0.2, 0) is 4.79 Å². The number of aliphatic hydroxyl groups is 1. The van der Waals surface area contributed by atoms with Crippen molar-refractivity contribution < 1.29 is 15.0 Å². The standard InChI is InChI=1S/C8H15NO3/c9-7(8(11)12)5-3-1-2-4-6-10/h4,6-7,10H,1-3,5,9H2,(H,11,12)/b6-4+/t7-/m1/s1. The van der Waals surface area contributed by atoms with Gasteiger partial charge in [-0.25, -0.2) is 0 Å². The first-order chi connectivity index (χ1) is 5.68. The number of allylic oxidation sites excluding steroid dienone is 1. The fourth-order valence-corrected chi connectivity index (χ4v) is 0.824. The van der Waals surface area contributed by atoms with E-state index in [-0.39, 0.29) is 0 Å². The molecule has 0 spiro atoms. The Labute approximate surface area is 71.7 Å². The largest absolute Gasteiger partial charge is 0.516 e. The lowest BCUT2D eigenvalue weighted by atomic mass is 10.1. The Morgan fingerprint density at radius 1 is 1.50 bits per heavy atom. The monoisotopic (exact) mass is 173 g/mol. The van der Waals surface area contributed by atoms with Crippen LogP contribution in [0.4, 0.5) is 0 Å². The molecule has 0 aliphatic rings. The predicted octanol–water partition coefficient (Wildman–Crippen LogP) is 1.03. The summed E-state index contributed by atoms with van der Waals surface area (Å²) in [5, 5.41) is 16.7. The van der Waals surface area contributed by atoms with Crippen LogP contribution < -0.4 is 5.73 Å². The molecule has 0 aliphatic heterocycles. The molecule has 0 aromatic heterocycles. The molecule has 0 rings (SSSR count). The van der Waals surface area contributed by atoms with Gasteiger partial charge in [0, 0.05) is 0 Å². The smallest absolute Gasteiger partial charge is 0.320 e. The minimum absolute atomic E-state index is 0.495. The molecule has 1 atom stereocenters. The lowest BCUT2D eigenvalue weighted by molar-refractivity contribution is -0.138. The summed E-state index contributed by atoms with van der Waals surface area (Å²) >= 11 is 0. The molecule has 0 aromatic carbocycles. The summed E-state index contributed by atoms with van der Waals surface area (Å²) in [4.78, 5) is 10.2. The number of carbonyl (C=O) groups is 1. The van der Waals surface area contributed by atoms with Gasteiger partial charge >= 0.3 is 5.97 Å². The van der Waals surface area contributed by atoms with Gasteiger partial charge in [-0.1, -0.05) is 12.5 Å². The molecule has 0 heterocycles.